The van der Waals surface area contributed by atoms with Gasteiger partial charge in [-0.05, 0) is 50.1 Å². The first kappa shape index (κ1) is 19.0. The number of rotatable bonds is 6. The summed E-state index contributed by atoms with van der Waals surface area (Å²) in [6.45, 7) is 4.08. The maximum absolute atomic E-state index is 12.5. The van der Waals surface area contributed by atoms with E-state index >= 15 is 0 Å². The van der Waals surface area contributed by atoms with Crippen molar-refractivity contribution < 1.29 is 4.79 Å². The Kier molecular flexibility index (Phi) is 5.46. The van der Waals surface area contributed by atoms with Gasteiger partial charge in [0, 0.05) is 42.3 Å². The highest BCUT2D eigenvalue weighted by Crippen LogP contribution is 2.24. The number of benzene rings is 2. The Bertz CT molecular complexity index is 1020. The molecule has 0 spiro atoms. The normalized spacial score (nSPS) is 14.7. The van der Waals surface area contributed by atoms with E-state index in [2.05, 4.69) is 31.6 Å². The number of nitrogens with two attached hydrogens (primary N) is 1. The molecule has 2 heterocycles. The van der Waals surface area contributed by atoms with Crippen molar-refractivity contribution in [3.8, 4) is 0 Å². The minimum absolute atomic E-state index is 0.0580. The van der Waals surface area contributed by atoms with Gasteiger partial charge in [-0.25, -0.2) is 4.98 Å². The molecule has 7 nitrogen and oxygen atoms in total. The molecule has 0 saturated carbocycles. The van der Waals surface area contributed by atoms with Gasteiger partial charge in [0.2, 0.25) is 11.9 Å². The summed E-state index contributed by atoms with van der Waals surface area (Å²) < 4.78 is 0. The zero-order chi connectivity index (χ0) is 20.2. The van der Waals surface area contributed by atoms with Crippen molar-refractivity contribution in [2.24, 2.45) is 0 Å². The van der Waals surface area contributed by atoms with Crippen LogP contribution in [0.2, 0.25) is 0 Å². The van der Waals surface area contributed by atoms with E-state index < -0.39 is 0 Å². The monoisotopic (exact) mass is 390 g/mol. The predicted octanol–water partition coefficient (Wildman–Crippen LogP) is 3.64. The third-order valence-corrected chi connectivity index (χ3v) is 5.10. The average molecular weight is 390 g/mol. The Morgan fingerprint density at radius 3 is 2.76 bits per heavy atom. The Morgan fingerprint density at radius 1 is 1.14 bits per heavy atom. The number of nitrogen functional groups attached to an aromatic ring is 1. The second-order valence-corrected chi connectivity index (χ2v) is 7.49. The molecule has 1 amide bonds. The van der Waals surface area contributed by atoms with Crippen LogP contribution in [-0.4, -0.2) is 35.0 Å². The highest BCUT2D eigenvalue weighted by Gasteiger charge is 2.15. The Labute approximate surface area is 170 Å². The van der Waals surface area contributed by atoms with Gasteiger partial charge in [0.1, 0.15) is 5.82 Å². The second-order valence-electron chi connectivity index (χ2n) is 7.49. The zero-order valence-corrected chi connectivity index (χ0v) is 16.6. The van der Waals surface area contributed by atoms with E-state index in [1.807, 2.05) is 49.4 Å². The first-order chi connectivity index (χ1) is 14.1. The van der Waals surface area contributed by atoms with Crippen LogP contribution in [0, 0.1) is 0 Å². The molecular formula is C22H26N6O. The van der Waals surface area contributed by atoms with Crippen LogP contribution in [0.5, 0.6) is 0 Å². The average Bonchev–Trinajstić information content (AvgIpc) is 3.23. The minimum atomic E-state index is -0.141. The Morgan fingerprint density at radius 2 is 1.93 bits per heavy atom. The van der Waals surface area contributed by atoms with Crippen molar-refractivity contribution in [2.75, 3.05) is 34.4 Å². The number of hydrogen-bond acceptors (Lipinski definition) is 6. The van der Waals surface area contributed by atoms with Crippen LogP contribution in [0.1, 0.15) is 26.2 Å². The highest BCUT2D eigenvalue weighted by atomic mass is 16.1. The van der Waals surface area contributed by atoms with E-state index in [4.69, 9.17) is 5.73 Å². The number of nitrogens with one attached hydrogen (secondary N) is 2. The summed E-state index contributed by atoms with van der Waals surface area (Å²) in [5.41, 5.74) is 8.78. The van der Waals surface area contributed by atoms with E-state index in [9.17, 15) is 4.79 Å². The molecule has 29 heavy (non-hydrogen) atoms. The fraction of sp³-hybridized carbons (Fsp3) is 0.318. The van der Waals surface area contributed by atoms with Crippen molar-refractivity contribution in [1.82, 2.24) is 9.97 Å². The van der Waals surface area contributed by atoms with Gasteiger partial charge in [-0.1, -0.05) is 18.2 Å². The maximum atomic E-state index is 12.5. The summed E-state index contributed by atoms with van der Waals surface area (Å²) in [6.07, 6.45) is 2.74. The van der Waals surface area contributed by atoms with Crippen LogP contribution in [0.3, 0.4) is 0 Å². The topological polar surface area (TPSA) is 96.2 Å². The molecule has 1 aliphatic rings. The molecule has 7 heteroatoms. The Hall–Kier alpha value is -3.35. The van der Waals surface area contributed by atoms with Crippen molar-refractivity contribution >= 4 is 40.0 Å². The van der Waals surface area contributed by atoms with Gasteiger partial charge in [-0.15, -0.1) is 0 Å². The van der Waals surface area contributed by atoms with Gasteiger partial charge >= 0.3 is 0 Å². The molecule has 4 rings (SSSR count). The summed E-state index contributed by atoms with van der Waals surface area (Å²) in [4.78, 5) is 23.6. The van der Waals surface area contributed by atoms with Crippen LogP contribution in [0.15, 0.2) is 48.5 Å². The molecule has 150 valence electrons. The second kappa shape index (κ2) is 8.34. The van der Waals surface area contributed by atoms with E-state index in [1.54, 1.807) is 0 Å². The lowest BCUT2D eigenvalue weighted by molar-refractivity contribution is -0.116. The molecule has 0 bridgehead atoms. The van der Waals surface area contributed by atoms with Crippen LogP contribution in [-0.2, 0) is 4.79 Å². The number of amides is 1. The van der Waals surface area contributed by atoms with E-state index in [0.717, 1.165) is 35.4 Å². The third kappa shape index (κ3) is 4.56. The lowest BCUT2D eigenvalue weighted by Crippen LogP contribution is -2.25. The van der Waals surface area contributed by atoms with Crippen molar-refractivity contribution in [1.29, 1.82) is 0 Å². The van der Waals surface area contributed by atoms with Crippen molar-refractivity contribution in [3.05, 3.63) is 48.5 Å². The predicted molar refractivity (Wildman–Crippen MR) is 118 cm³/mol. The summed E-state index contributed by atoms with van der Waals surface area (Å²) in [5.74, 6) is 0.795. The largest absolute Gasteiger partial charge is 0.383 e. The smallest absolute Gasteiger partial charge is 0.226 e. The molecule has 2 aromatic carbocycles. The van der Waals surface area contributed by atoms with Crippen LogP contribution in [0.4, 0.5) is 23.1 Å². The Balaban J connectivity index is 1.37. The highest BCUT2D eigenvalue weighted by molar-refractivity contribution is 5.92. The van der Waals surface area contributed by atoms with Gasteiger partial charge in [-0.3, -0.25) is 4.79 Å². The standard InChI is InChI=1S/C22H26N6O/c1-15(24-22-26-19-10-3-2-9-18(19)21(23)27-22)13-20(29)25-16-7-6-8-17(14-16)28-11-4-5-12-28/h2-3,6-10,14-15H,4-5,11-13H2,1H3,(H,25,29)(H3,23,24,26,27). The molecule has 1 unspecified atom stereocenters. The van der Waals surface area contributed by atoms with E-state index in [-0.39, 0.29) is 11.9 Å². The van der Waals surface area contributed by atoms with Gasteiger partial charge in [0.05, 0.1) is 5.52 Å². The summed E-state index contributed by atoms with van der Waals surface area (Å²) in [6, 6.07) is 15.5. The van der Waals surface area contributed by atoms with Crippen LogP contribution < -0.4 is 21.3 Å². The molecular weight excluding hydrogens is 364 g/mol. The van der Waals surface area contributed by atoms with Crippen LogP contribution in [0.25, 0.3) is 10.9 Å². The van der Waals surface area contributed by atoms with Gasteiger partial charge in [0.25, 0.3) is 0 Å². The van der Waals surface area contributed by atoms with E-state index in [1.165, 1.54) is 12.8 Å². The number of aromatic nitrogens is 2. The molecule has 0 aliphatic carbocycles. The molecule has 1 atom stereocenters. The summed E-state index contributed by atoms with van der Waals surface area (Å²) >= 11 is 0. The van der Waals surface area contributed by atoms with Crippen LogP contribution >= 0.6 is 0 Å². The van der Waals surface area contributed by atoms with Gasteiger partial charge in [0.15, 0.2) is 0 Å². The van der Waals surface area contributed by atoms with Crippen molar-refractivity contribution in [3.63, 3.8) is 0 Å². The number of anilines is 4. The number of fused-ring (bicyclic) bond motifs is 1. The van der Waals surface area contributed by atoms with Gasteiger partial charge in [-0.2, -0.15) is 4.98 Å². The quantitative estimate of drug-likeness (QED) is 0.595. The number of carbonyl (C=O) groups excluding carboxylic acids is 1. The van der Waals surface area contributed by atoms with E-state index in [0.29, 0.717) is 18.2 Å². The third-order valence-electron chi connectivity index (χ3n) is 5.10. The SMILES string of the molecule is CC(CC(=O)Nc1cccc(N2CCCC2)c1)Nc1nc(N)c2ccccc2n1. The fourth-order valence-electron chi connectivity index (χ4n) is 3.68. The minimum Gasteiger partial charge on any atom is -0.383 e. The lowest BCUT2D eigenvalue weighted by atomic mass is 10.2. The lowest BCUT2D eigenvalue weighted by Gasteiger charge is -2.19. The number of para-hydroxylation sites is 1. The summed E-state index contributed by atoms with van der Waals surface area (Å²) in [5, 5.41) is 6.99. The number of hydrogen-bond donors (Lipinski definition) is 3. The molecule has 1 saturated heterocycles. The number of nitrogens with zero attached hydrogens (tertiary/aromatic N) is 3. The molecule has 3 aromatic rings. The first-order valence-corrected chi connectivity index (χ1v) is 10.0. The summed E-state index contributed by atoms with van der Waals surface area (Å²) in [7, 11) is 0. The maximum Gasteiger partial charge on any atom is 0.226 e. The number of carbonyl (C=O) groups is 1. The first-order valence-electron chi connectivity index (χ1n) is 10.0. The van der Waals surface area contributed by atoms with Gasteiger partial charge < -0.3 is 21.3 Å². The molecule has 1 fully saturated rings. The molecule has 4 N–H and O–H groups in total. The molecule has 1 aromatic heterocycles. The molecule has 0 radical (unpaired) electrons. The molecule has 1 aliphatic heterocycles. The zero-order valence-electron chi connectivity index (χ0n) is 16.6. The van der Waals surface area contributed by atoms with Crippen molar-refractivity contribution in [2.45, 2.75) is 32.2 Å². The fourth-order valence-corrected chi connectivity index (χ4v) is 3.68.